The number of hydrogen-bond donors (Lipinski definition) is 1. The lowest BCUT2D eigenvalue weighted by Crippen LogP contribution is -1.97. The van der Waals surface area contributed by atoms with Crippen LogP contribution in [-0.2, 0) is 6.42 Å². The number of aliphatic hydroxyl groups excluding tert-OH is 1. The normalized spacial score (nSPS) is 11.4. The van der Waals surface area contributed by atoms with Gasteiger partial charge in [0.2, 0.25) is 0 Å². The summed E-state index contributed by atoms with van der Waals surface area (Å²) in [5.74, 6) is 1.36. The maximum atomic E-state index is 10.6. The van der Waals surface area contributed by atoms with E-state index in [0.29, 0.717) is 16.3 Å². The number of aromatic nitrogens is 2. The molecule has 0 radical (unpaired) electrons. The summed E-state index contributed by atoms with van der Waals surface area (Å²) >= 11 is 1.42. The van der Waals surface area contributed by atoms with E-state index in [0.717, 1.165) is 28.3 Å². The SMILES string of the molecule is CCc1cc(/C(O)=C/c2nnc(-c3ccccc3)s2)c(OC)cc1OC. The molecule has 1 aromatic heterocycles. The monoisotopic (exact) mass is 368 g/mol. The fraction of sp³-hybridized carbons (Fsp3) is 0.200. The lowest BCUT2D eigenvalue weighted by Gasteiger charge is -2.13. The fourth-order valence-electron chi connectivity index (χ4n) is 2.63. The average Bonchev–Trinajstić information content (AvgIpc) is 3.15. The van der Waals surface area contributed by atoms with Gasteiger partial charge >= 0.3 is 0 Å². The number of nitrogens with zero attached hydrogens (tertiary/aromatic N) is 2. The summed E-state index contributed by atoms with van der Waals surface area (Å²) in [5, 5.41) is 20.4. The first-order valence-electron chi connectivity index (χ1n) is 8.21. The summed E-state index contributed by atoms with van der Waals surface area (Å²) < 4.78 is 10.8. The number of benzene rings is 2. The molecule has 0 aliphatic rings. The van der Waals surface area contributed by atoms with Crippen molar-refractivity contribution in [1.82, 2.24) is 10.2 Å². The van der Waals surface area contributed by atoms with Crippen molar-refractivity contribution in [2.75, 3.05) is 14.2 Å². The van der Waals surface area contributed by atoms with Crippen LogP contribution in [-0.4, -0.2) is 29.5 Å². The molecule has 0 amide bonds. The van der Waals surface area contributed by atoms with Gasteiger partial charge in [-0.1, -0.05) is 48.6 Å². The van der Waals surface area contributed by atoms with Gasteiger partial charge in [0.1, 0.15) is 27.3 Å². The summed E-state index contributed by atoms with van der Waals surface area (Å²) in [5.41, 5.74) is 2.59. The maximum absolute atomic E-state index is 10.6. The van der Waals surface area contributed by atoms with Crippen molar-refractivity contribution in [2.24, 2.45) is 0 Å². The van der Waals surface area contributed by atoms with Gasteiger partial charge in [-0.15, -0.1) is 10.2 Å². The van der Waals surface area contributed by atoms with Crippen molar-refractivity contribution in [3.05, 3.63) is 58.6 Å². The summed E-state index contributed by atoms with van der Waals surface area (Å²) in [6.45, 7) is 2.03. The Labute approximate surface area is 156 Å². The first-order valence-corrected chi connectivity index (χ1v) is 9.02. The zero-order valence-corrected chi connectivity index (χ0v) is 15.7. The van der Waals surface area contributed by atoms with E-state index in [-0.39, 0.29) is 5.76 Å². The average molecular weight is 368 g/mol. The molecule has 0 unspecified atom stereocenters. The molecule has 0 atom stereocenters. The fourth-order valence-corrected chi connectivity index (χ4v) is 3.41. The number of ether oxygens (including phenoxy) is 2. The minimum Gasteiger partial charge on any atom is -0.507 e. The van der Waals surface area contributed by atoms with Crippen molar-refractivity contribution in [1.29, 1.82) is 0 Å². The summed E-state index contributed by atoms with van der Waals surface area (Å²) in [6.07, 6.45) is 2.39. The minimum atomic E-state index is 0.0787. The van der Waals surface area contributed by atoms with E-state index in [1.54, 1.807) is 26.4 Å². The van der Waals surface area contributed by atoms with E-state index in [4.69, 9.17) is 9.47 Å². The lowest BCUT2D eigenvalue weighted by molar-refractivity contribution is 0.388. The van der Waals surface area contributed by atoms with Crippen molar-refractivity contribution >= 4 is 23.2 Å². The Morgan fingerprint density at radius 2 is 1.81 bits per heavy atom. The molecule has 134 valence electrons. The number of rotatable bonds is 6. The molecule has 6 heteroatoms. The maximum Gasteiger partial charge on any atom is 0.148 e. The van der Waals surface area contributed by atoms with Crippen molar-refractivity contribution < 1.29 is 14.6 Å². The van der Waals surface area contributed by atoms with Crippen LogP contribution in [0, 0.1) is 0 Å². The Kier molecular flexibility index (Phi) is 5.53. The van der Waals surface area contributed by atoms with E-state index in [1.165, 1.54) is 11.3 Å². The van der Waals surface area contributed by atoms with Gasteiger partial charge in [-0.25, -0.2) is 0 Å². The molecule has 1 heterocycles. The predicted octanol–water partition coefficient (Wildman–Crippen LogP) is 4.84. The number of aliphatic hydroxyl groups is 1. The van der Waals surface area contributed by atoms with Crippen molar-refractivity contribution in [3.63, 3.8) is 0 Å². The molecule has 0 aliphatic carbocycles. The Bertz CT molecular complexity index is 920. The van der Waals surface area contributed by atoms with Gasteiger partial charge < -0.3 is 14.6 Å². The predicted molar refractivity (Wildman–Crippen MR) is 105 cm³/mol. The van der Waals surface area contributed by atoms with Gasteiger partial charge in [-0.3, -0.25) is 0 Å². The van der Waals surface area contributed by atoms with E-state index >= 15 is 0 Å². The van der Waals surface area contributed by atoms with Crippen LogP contribution in [0.2, 0.25) is 0 Å². The molecule has 1 N–H and O–H groups in total. The first-order chi connectivity index (χ1) is 12.7. The van der Waals surface area contributed by atoms with Crippen LogP contribution in [0.5, 0.6) is 11.5 Å². The minimum absolute atomic E-state index is 0.0787. The summed E-state index contributed by atoms with van der Waals surface area (Å²) in [4.78, 5) is 0. The highest BCUT2D eigenvalue weighted by Gasteiger charge is 2.14. The molecule has 0 bridgehead atoms. The second kappa shape index (κ2) is 8.01. The zero-order chi connectivity index (χ0) is 18.5. The van der Waals surface area contributed by atoms with E-state index in [9.17, 15) is 5.11 Å². The Balaban J connectivity index is 1.96. The van der Waals surface area contributed by atoms with Crippen LogP contribution in [0.4, 0.5) is 0 Å². The Morgan fingerprint density at radius 3 is 2.46 bits per heavy atom. The first kappa shape index (κ1) is 17.9. The lowest BCUT2D eigenvalue weighted by atomic mass is 10.0. The number of hydrogen-bond acceptors (Lipinski definition) is 6. The van der Waals surface area contributed by atoms with Crippen LogP contribution in [0.15, 0.2) is 42.5 Å². The van der Waals surface area contributed by atoms with E-state index in [1.807, 2.05) is 43.3 Å². The largest absolute Gasteiger partial charge is 0.507 e. The molecule has 0 saturated carbocycles. The molecule has 5 nitrogen and oxygen atoms in total. The third-order valence-electron chi connectivity index (χ3n) is 3.98. The van der Waals surface area contributed by atoms with Gasteiger partial charge in [0.15, 0.2) is 0 Å². The molecule has 2 aromatic carbocycles. The van der Waals surface area contributed by atoms with Crippen LogP contribution in [0.25, 0.3) is 22.4 Å². The molecule has 3 aromatic rings. The third kappa shape index (κ3) is 3.70. The van der Waals surface area contributed by atoms with E-state index < -0.39 is 0 Å². The third-order valence-corrected chi connectivity index (χ3v) is 4.90. The highest BCUT2D eigenvalue weighted by molar-refractivity contribution is 7.15. The van der Waals surface area contributed by atoms with Gasteiger partial charge in [0.05, 0.1) is 19.8 Å². The topological polar surface area (TPSA) is 64.5 Å². The summed E-state index contributed by atoms with van der Waals surface area (Å²) in [6, 6.07) is 13.5. The van der Waals surface area contributed by atoms with Crippen LogP contribution in [0.3, 0.4) is 0 Å². The number of aryl methyl sites for hydroxylation is 1. The molecular formula is C20H20N2O3S. The number of methoxy groups -OCH3 is 2. The standard InChI is InChI=1S/C20H20N2O3S/c1-4-13-10-15(18(25-3)12-17(13)24-2)16(23)11-19-21-22-20(26-19)14-8-6-5-7-9-14/h5-12,23H,4H2,1-3H3/b16-11-. The molecule has 0 aliphatic heterocycles. The second-order valence-electron chi connectivity index (χ2n) is 5.56. The zero-order valence-electron chi connectivity index (χ0n) is 14.9. The van der Waals surface area contributed by atoms with Crippen molar-refractivity contribution in [2.45, 2.75) is 13.3 Å². The van der Waals surface area contributed by atoms with Gasteiger partial charge in [-0.05, 0) is 18.1 Å². The van der Waals surface area contributed by atoms with E-state index in [2.05, 4.69) is 10.2 Å². The Hall–Kier alpha value is -2.86. The molecule has 0 fully saturated rings. The highest BCUT2D eigenvalue weighted by atomic mass is 32.1. The van der Waals surface area contributed by atoms with Crippen LogP contribution in [0.1, 0.15) is 23.1 Å². The quantitative estimate of drug-likeness (QED) is 0.631. The van der Waals surface area contributed by atoms with Crippen molar-refractivity contribution in [3.8, 4) is 22.1 Å². The van der Waals surface area contributed by atoms with Crippen LogP contribution < -0.4 is 9.47 Å². The van der Waals surface area contributed by atoms with Gasteiger partial charge in [-0.2, -0.15) is 0 Å². The molecule has 0 saturated heterocycles. The smallest absolute Gasteiger partial charge is 0.148 e. The Morgan fingerprint density at radius 1 is 1.08 bits per heavy atom. The second-order valence-corrected chi connectivity index (χ2v) is 6.57. The summed E-state index contributed by atoms with van der Waals surface area (Å²) in [7, 11) is 3.19. The van der Waals surface area contributed by atoms with Gasteiger partial charge in [0.25, 0.3) is 0 Å². The van der Waals surface area contributed by atoms with Crippen LogP contribution >= 0.6 is 11.3 Å². The molecule has 3 rings (SSSR count). The molecule has 0 spiro atoms. The highest BCUT2D eigenvalue weighted by Crippen LogP contribution is 2.34. The van der Waals surface area contributed by atoms with Gasteiger partial charge in [0, 0.05) is 17.7 Å². The molecular weight excluding hydrogens is 348 g/mol. The molecule has 26 heavy (non-hydrogen) atoms.